The van der Waals surface area contributed by atoms with E-state index in [1.165, 1.54) is 70.6 Å². The Labute approximate surface area is 209 Å². The van der Waals surface area contributed by atoms with Gasteiger partial charge in [-0.3, -0.25) is 4.79 Å². The van der Waals surface area contributed by atoms with Gasteiger partial charge in [-0.25, -0.2) is 4.98 Å². The lowest BCUT2D eigenvalue weighted by molar-refractivity contribution is -0.134. The molecule has 0 bridgehead atoms. The van der Waals surface area contributed by atoms with Crippen molar-refractivity contribution in [1.82, 2.24) is 14.5 Å². The van der Waals surface area contributed by atoms with Gasteiger partial charge >= 0.3 is 0 Å². The highest BCUT2D eigenvalue weighted by Crippen LogP contribution is 2.25. The van der Waals surface area contributed by atoms with Crippen molar-refractivity contribution in [2.75, 3.05) is 6.54 Å². The highest BCUT2D eigenvalue weighted by molar-refractivity contribution is 9.10. The fourth-order valence-corrected chi connectivity index (χ4v) is 5.55. The van der Waals surface area contributed by atoms with E-state index in [9.17, 15) is 4.79 Å². The summed E-state index contributed by atoms with van der Waals surface area (Å²) in [6.45, 7) is 5.92. The molecular weight excluding hydrogens is 474 g/mol. The Kier molecular flexibility index (Phi) is 12.6. The van der Waals surface area contributed by atoms with Gasteiger partial charge in [-0.2, -0.15) is 0 Å². The number of nitrogens with zero attached hydrogens (tertiary/aromatic N) is 3. The third kappa shape index (κ3) is 8.49. The van der Waals surface area contributed by atoms with Crippen LogP contribution in [0, 0.1) is 18.8 Å². The molecule has 1 amide bonds. The number of benzene rings is 1. The van der Waals surface area contributed by atoms with Gasteiger partial charge in [0, 0.05) is 30.0 Å². The summed E-state index contributed by atoms with van der Waals surface area (Å²) in [5, 5.41) is 0. The van der Waals surface area contributed by atoms with Gasteiger partial charge in [0.05, 0.1) is 17.4 Å². The first-order valence-corrected chi connectivity index (χ1v) is 13.6. The molecule has 0 radical (unpaired) electrons. The third-order valence-corrected chi connectivity index (χ3v) is 7.62. The average molecular weight is 517 g/mol. The Morgan fingerprint density at radius 2 is 1.70 bits per heavy atom. The van der Waals surface area contributed by atoms with Crippen LogP contribution in [-0.2, 0) is 11.3 Å². The van der Waals surface area contributed by atoms with Crippen molar-refractivity contribution in [2.45, 2.75) is 103 Å². The molecule has 0 unspecified atom stereocenters. The second-order valence-corrected chi connectivity index (χ2v) is 10.1. The van der Waals surface area contributed by atoms with Crippen LogP contribution in [0.15, 0.2) is 29.0 Å². The predicted octanol–water partition coefficient (Wildman–Crippen LogP) is 7.60. The molecule has 33 heavy (non-hydrogen) atoms. The van der Waals surface area contributed by atoms with Crippen LogP contribution in [-0.4, -0.2) is 32.9 Å². The summed E-state index contributed by atoms with van der Waals surface area (Å²) in [4.78, 5) is 19.2. The molecular formula is C28H42BrN3O. The number of fused-ring (bicyclic) bond motifs is 1. The molecule has 4 nitrogen and oxygen atoms in total. The van der Waals surface area contributed by atoms with Gasteiger partial charge in [0.1, 0.15) is 0 Å². The molecule has 2 saturated carbocycles. The van der Waals surface area contributed by atoms with Gasteiger partial charge in [-0.1, -0.05) is 80.6 Å². The monoisotopic (exact) mass is 515 g/mol. The lowest BCUT2D eigenvalue weighted by atomic mass is 9.88. The van der Waals surface area contributed by atoms with Crippen LogP contribution in [0.5, 0.6) is 0 Å². The van der Waals surface area contributed by atoms with E-state index in [1.807, 2.05) is 18.5 Å². The minimum atomic E-state index is 0.276. The van der Waals surface area contributed by atoms with Crippen molar-refractivity contribution in [1.29, 1.82) is 0 Å². The van der Waals surface area contributed by atoms with Crippen LogP contribution >= 0.6 is 15.9 Å². The maximum Gasteiger partial charge on any atom is 0.224 e. The van der Waals surface area contributed by atoms with Gasteiger partial charge < -0.3 is 9.47 Å². The van der Waals surface area contributed by atoms with E-state index in [0.717, 1.165) is 28.0 Å². The summed E-state index contributed by atoms with van der Waals surface area (Å²) in [7, 11) is 0. The van der Waals surface area contributed by atoms with Gasteiger partial charge in [-0.05, 0) is 43.9 Å². The number of amides is 1. The Hall–Kier alpha value is -1.80. The number of terminal acetylenes is 1. The summed E-state index contributed by atoms with van der Waals surface area (Å²) < 4.78 is 3.11. The number of rotatable bonds is 6. The second kappa shape index (κ2) is 15.2. The Morgan fingerprint density at radius 1 is 1.06 bits per heavy atom. The number of halogens is 1. The Balaban J connectivity index is 0.000000323. The van der Waals surface area contributed by atoms with Gasteiger partial charge in [0.15, 0.2) is 0 Å². The van der Waals surface area contributed by atoms with E-state index in [4.69, 9.17) is 0 Å². The van der Waals surface area contributed by atoms with Crippen molar-refractivity contribution >= 4 is 32.9 Å². The van der Waals surface area contributed by atoms with Crippen LogP contribution in [0.2, 0.25) is 0 Å². The zero-order valence-electron chi connectivity index (χ0n) is 20.6. The molecule has 1 heterocycles. The fourth-order valence-electron chi connectivity index (χ4n) is 5.20. The molecule has 0 atom stereocenters. The molecule has 0 N–H and O–H groups in total. The van der Waals surface area contributed by atoms with Gasteiger partial charge in [0.2, 0.25) is 5.91 Å². The smallest absolute Gasteiger partial charge is 0.224 e. The van der Waals surface area contributed by atoms with E-state index >= 15 is 0 Å². The van der Waals surface area contributed by atoms with E-state index in [-0.39, 0.29) is 5.91 Å². The molecule has 2 aliphatic rings. The third-order valence-electron chi connectivity index (χ3n) is 7.13. The summed E-state index contributed by atoms with van der Waals surface area (Å²) >= 11 is 3.47. The molecule has 2 aliphatic carbocycles. The number of aryl methyl sites for hydroxylation is 1. The molecule has 2 aromatic rings. The maximum absolute atomic E-state index is 12.6. The van der Waals surface area contributed by atoms with E-state index in [1.54, 1.807) is 0 Å². The molecule has 1 aromatic heterocycles. The predicted molar refractivity (Wildman–Crippen MR) is 143 cm³/mol. The fraction of sp³-hybridized carbons (Fsp3) is 0.643. The highest BCUT2D eigenvalue weighted by Gasteiger charge is 2.23. The normalized spacial score (nSPS) is 16.9. The zero-order valence-corrected chi connectivity index (χ0v) is 22.2. The molecule has 0 spiro atoms. The molecule has 5 heteroatoms. The van der Waals surface area contributed by atoms with Gasteiger partial charge in [-0.15, -0.1) is 12.8 Å². The molecule has 0 aliphatic heterocycles. The maximum atomic E-state index is 12.6. The number of hydrogen-bond donors (Lipinski definition) is 0. The number of hydrogen-bond acceptors (Lipinski definition) is 2. The van der Waals surface area contributed by atoms with Crippen molar-refractivity contribution in [3.63, 3.8) is 0 Å². The quantitative estimate of drug-likeness (QED) is 0.371. The number of imidazole rings is 1. The number of carbonyl (C=O) groups is 1. The lowest BCUT2D eigenvalue weighted by Crippen LogP contribution is -2.41. The first kappa shape index (κ1) is 27.4. The van der Waals surface area contributed by atoms with Crippen LogP contribution in [0.4, 0.5) is 0 Å². The number of aromatic nitrogens is 2. The Morgan fingerprint density at radius 3 is 2.27 bits per heavy atom. The van der Waals surface area contributed by atoms with Crippen LogP contribution in [0.1, 0.15) is 90.9 Å². The summed E-state index contributed by atoms with van der Waals surface area (Å²) in [6.07, 6.45) is 25.5. The van der Waals surface area contributed by atoms with Crippen molar-refractivity contribution in [3.05, 3.63) is 29.0 Å². The number of carbonyl (C=O) groups excluding carboxylic acids is 1. The largest absolute Gasteiger partial charge is 0.340 e. The van der Waals surface area contributed by atoms with Crippen LogP contribution in [0.3, 0.4) is 0 Å². The summed E-state index contributed by atoms with van der Waals surface area (Å²) in [5.41, 5.74) is 2.05. The van der Waals surface area contributed by atoms with Crippen molar-refractivity contribution in [2.24, 2.45) is 5.92 Å². The first-order valence-electron chi connectivity index (χ1n) is 12.9. The molecule has 1 aromatic carbocycles. The van der Waals surface area contributed by atoms with Crippen LogP contribution in [0.25, 0.3) is 11.0 Å². The lowest BCUT2D eigenvalue weighted by Gasteiger charge is -2.33. The van der Waals surface area contributed by atoms with E-state index < -0.39 is 0 Å². The molecule has 0 saturated heterocycles. The molecule has 2 fully saturated rings. The second-order valence-electron chi connectivity index (χ2n) is 9.20. The van der Waals surface area contributed by atoms with Crippen molar-refractivity contribution in [3.8, 4) is 12.8 Å². The zero-order chi connectivity index (χ0) is 24.1. The topological polar surface area (TPSA) is 38.1 Å². The van der Waals surface area contributed by atoms with Gasteiger partial charge in [0.25, 0.3) is 0 Å². The summed E-state index contributed by atoms with van der Waals surface area (Å²) in [5.74, 6) is 1.36. The molecule has 4 rings (SSSR count). The summed E-state index contributed by atoms with van der Waals surface area (Å²) in [6, 6.07) is 6.53. The van der Waals surface area contributed by atoms with Crippen LogP contribution < -0.4 is 0 Å². The minimum absolute atomic E-state index is 0.276. The van der Waals surface area contributed by atoms with E-state index in [2.05, 4.69) is 63.1 Å². The standard InChI is InChI=1S/C18H24BrN3O.C8H16.C2H2/c1-2-22(15-6-4-3-5-7-15)18(23)10-11-21-13-20-16-12-14(19)8-9-17(16)21;1-2-8-6-4-3-5-7-8;1-2/h8-9,12-13,15H,2-7,10-11H2,1H3;8H,2-7H2,1H3;1-2H. The Bertz CT molecular complexity index is 847. The van der Waals surface area contributed by atoms with Crippen molar-refractivity contribution < 1.29 is 4.79 Å². The van der Waals surface area contributed by atoms with E-state index in [0.29, 0.717) is 19.0 Å². The SMILES string of the molecule is C#C.CCC1CCCCC1.CCN(C(=O)CCn1cnc2cc(Br)ccc21)C1CCCCC1. The highest BCUT2D eigenvalue weighted by atomic mass is 79.9. The first-order chi connectivity index (χ1) is 16.1. The molecule has 182 valence electrons. The average Bonchev–Trinajstić information content (AvgIpc) is 3.28. The minimum Gasteiger partial charge on any atom is -0.340 e.